The van der Waals surface area contributed by atoms with Gasteiger partial charge in [-0.15, -0.1) is 10.2 Å². The van der Waals surface area contributed by atoms with Crippen LogP contribution in [-0.2, 0) is 10.9 Å². The molecule has 1 saturated carbocycles. The molecular weight excluding hydrogens is 269 g/mol. The number of rotatable bonds is 4. The molecule has 2 rings (SSSR count). The molecule has 0 saturated heterocycles. The van der Waals surface area contributed by atoms with E-state index in [-0.39, 0.29) is 23.3 Å². The van der Waals surface area contributed by atoms with Crippen molar-refractivity contribution in [1.82, 2.24) is 10.2 Å². The Bertz CT molecular complexity index is 409. The van der Waals surface area contributed by atoms with E-state index in [2.05, 4.69) is 15.5 Å². The molecular formula is C9H13F3N4OS. The lowest BCUT2D eigenvalue weighted by atomic mass is 9.83. The highest BCUT2D eigenvalue weighted by atomic mass is 32.1. The van der Waals surface area contributed by atoms with Gasteiger partial charge in [0.1, 0.15) is 0 Å². The van der Waals surface area contributed by atoms with Crippen LogP contribution in [0.1, 0.15) is 18.4 Å². The Hall–Kier alpha value is -0.930. The van der Waals surface area contributed by atoms with E-state index in [1.807, 2.05) is 6.92 Å². The van der Waals surface area contributed by atoms with Crippen molar-refractivity contribution in [2.24, 2.45) is 5.73 Å². The first-order valence-electron chi connectivity index (χ1n) is 5.46. The maximum absolute atomic E-state index is 12.3. The predicted molar refractivity (Wildman–Crippen MR) is 60.3 cm³/mol. The number of nitrogens with zero attached hydrogens (tertiary/aromatic N) is 2. The maximum atomic E-state index is 12.3. The van der Waals surface area contributed by atoms with Gasteiger partial charge in [-0.3, -0.25) is 0 Å². The molecule has 0 aromatic carbocycles. The smallest absolute Gasteiger partial charge is 0.376 e. The number of anilines is 1. The quantitative estimate of drug-likeness (QED) is 0.875. The average molecular weight is 282 g/mol. The number of aromatic nitrogens is 2. The molecule has 5 nitrogen and oxygen atoms in total. The Kier molecular flexibility index (Phi) is 3.74. The van der Waals surface area contributed by atoms with Crippen molar-refractivity contribution in [3.8, 4) is 0 Å². The first-order chi connectivity index (χ1) is 8.41. The zero-order valence-electron chi connectivity index (χ0n) is 9.57. The Morgan fingerprint density at radius 1 is 1.50 bits per heavy atom. The molecule has 1 aliphatic rings. The van der Waals surface area contributed by atoms with Crippen LogP contribution in [0, 0.1) is 0 Å². The number of alkyl halides is 3. The number of nitrogens with one attached hydrogen (secondary N) is 1. The Morgan fingerprint density at radius 3 is 2.72 bits per heavy atom. The van der Waals surface area contributed by atoms with Crippen LogP contribution in [0.3, 0.4) is 0 Å². The molecule has 1 fully saturated rings. The van der Waals surface area contributed by atoms with Crippen LogP contribution in [-0.4, -0.2) is 35.0 Å². The minimum Gasteiger partial charge on any atom is -0.376 e. The topological polar surface area (TPSA) is 73.1 Å². The summed E-state index contributed by atoms with van der Waals surface area (Å²) in [5.41, 5.74) is 5.78. The van der Waals surface area contributed by atoms with Crippen molar-refractivity contribution in [1.29, 1.82) is 0 Å². The Labute approximate surface area is 106 Å². The van der Waals surface area contributed by atoms with Crippen LogP contribution in [0.4, 0.5) is 18.3 Å². The highest BCUT2D eigenvalue weighted by molar-refractivity contribution is 7.15. The molecule has 1 aromatic heterocycles. The van der Waals surface area contributed by atoms with Gasteiger partial charge < -0.3 is 15.8 Å². The first kappa shape index (κ1) is 13.5. The minimum atomic E-state index is -4.46. The van der Waals surface area contributed by atoms with Gasteiger partial charge in [-0.25, -0.2) is 0 Å². The van der Waals surface area contributed by atoms with Gasteiger partial charge in [-0.2, -0.15) is 13.2 Å². The van der Waals surface area contributed by atoms with E-state index in [4.69, 9.17) is 10.5 Å². The Morgan fingerprint density at radius 2 is 2.22 bits per heavy atom. The van der Waals surface area contributed by atoms with Crippen molar-refractivity contribution in [3.63, 3.8) is 0 Å². The number of hydrogen-bond acceptors (Lipinski definition) is 6. The number of halogens is 3. The zero-order chi connectivity index (χ0) is 13.3. The third-order valence-corrected chi connectivity index (χ3v) is 3.60. The molecule has 0 radical (unpaired) electrons. The molecule has 102 valence electrons. The van der Waals surface area contributed by atoms with Gasteiger partial charge in [-0.1, -0.05) is 11.3 Å². The summed E-state index contributed by atoms with van der Waals surface area (Å²) in [6, 6.07) is -0.348. The fraction of sp³-hybridized carbons (Fsp3) is 0.778. The summed E-state index contributed by atoms with van der Waals surface area (Å²) in [4.78, 5) is 0. The largest absolute Gasteiger partial charge is 0.445 e. The number of hydrogen-bond donors (Lipinski definition) is 2. The van der Waals surface area contributed by atoms with Crippen molar-refractivity contribution >= 4 is 16.5 Å². The van der Waals surface area contributed by atoms with Crippen molar-refractivity contribution < 1.29 is 17.9 Å². The van der Waals surface area contributed by atoms with E-state index in [0.29, 0.717) is 24.4 Å². The minimum absolute atomic E-state index is 0.0803. The standard InChI is InChI=1S/C9H13F3N4OS/c1-2-17-5-3-4(13)6(5)14-8-16-15-7(18-8)9(10,11)12/h4-6H,2-3,13H2,1H3,(H,14,16). The fourth-order valence-corrected chi connectivity index (χ4v) is 2.42. The summed E-state index contributed by atoms with van der Waals surface area (Å²) in [7, 11) is 0. The van der Waals surface area contributed by atoms with Crippen LogP contribution < -0.4 is 11.1 Å². The molecule has 18 heavy (non-hydrogen) atoms. The van der Waals surface area contributed by atoms with Gasteiger partial charge in [-0.05, 0) is 13.3 Å². The highest BCUT2D eigenvalue weighted by Gasteiger charge is 2.41. The maximum Gasteiger partial charge on any atom is 0.445 e. The molecule has 3 N–H and O–H groups in total. The number of ether oxygens (including phenoxy) is 1. The van der Waals surface area contributed by atoms with E-state index >= 15 is 0 Å². The highest BCUT2D eigenvalue weighted by Crippen LogP contribution is 2.34. The summed E-state index contributed by atoms with van der Waals surface area (Å²) < 4.78 is 42.4. The lowest BCUT2D eigenvalue weighted by Gasteiger charge is -2.42. The summed E-state index contributed by atoms with van der Waals surface area (Å²) in [5.74, 6) is 0. The van der Waals surface area contributed by atoms with Crippen molar-refractivity contribution in [2.75, 3.05) is 11.9 Å². The van der Waals surface area contributed by atoms with E-state index in [1.54, 1.807) is 0 Å². The second-order valence-electron chi connectivity index (χ2n) is 3.97. The van der Waals surface area contributed by atoms with Gasteiger partial charge in [0, 0.05) is 12.6 Å². The van der Waals surface area contributed by atoms with Gasteiger partial charge in [0.25, 0.3) is 0 Å². The van der Waals surface area contributed by atoms with E-state index in [1.165, 1.54) is 0 Å². The number of nitrogens with two attached hydrogens (primary N) is 1. The third-order valence-electron chi connectivity index (χ3n) is 2.70. The zero-order valence-corrected chi connectivity index (χ0v) is 10.4. The van der Waals surface area contributed by atoms with Gasteiger partial charge >= 0.3 is 6.18 Å². The predicted octanol–water partition coefficient (Wildman–Crippen LogP) is 1.47. The van der Waals surface area contributed by atoms with Crippen molar-refractivity contribution in [2.45, 2.75) is 37.7 Å². The molecule has 0 aliphatic heterocycles. The average Bonchev–Trinajstić information content (AvgIpc) is 2.74. The fourth-order valence-electron chi connectivity index (χ4n) is 1.77. The second kappa shape index (κ2) is 4.98. The van der Waals surface area contributed by atoms with Gasteiger partial charge in [0.05, 0.1) is 12.1 Å². The van der Waals surface area contributed by atoms with Crippen LogP contribution in [0.15, 0.2) is 0 Å². The molecule has 1 aliphatic carbocycles. The third kappa shape index (κ3) is 2.73. The normalized spacial score (nSPS) is 27.9. The van der Waals surface area contributed by atoms with Crippen LogP contribution >= 0.6 is 11.3 Å². The van der Waals surface area contributed by atoms with Crippen LogP contribution in [0.5, 0.6) is 0 Å². The molecule has 3 atom stereocenters. The lowest BCUT2D eigenvalue weighted by Crippen LogP contribution is -2.60. The van der Waals surface area contributed by atoms with E-state index in [9.17, 15) is 13.2 Å². The van der Waals surface area contributed by atoms with Crippen LogP contribution in [0.2, 0.25) is 0 Å². The summed E-state index contributed by atoms with van der Waals surface area (Å²) in [5, 5.41) is 8.56. The SMILES string of the molecule is CCOC1CC(N)C1Nc1nnc(C(F)(F)F)s1. The van der Waals surface area contributed by atoms with E-state index in [0.717, 1.165) is 0 Å². The summed E-state index contributed by atoms with van der Waals surface area (Å²) in [6.45, 7) is 2.40. The van der Waals surface area contributed by atoms with E-state index < -0.39 is 11.2 Å². The van der Waals surface area contributed by atoms with Gasteiger partial charge in [0.2, 0.25) is 10.1 Å². The molecule has 0 spiro atoms. The lowest BCUT2D eigenvalue weighted by molar-refractivity contribution is -0.138. The Balaban J connectivity index is 1.99. The molecule has 0 bridgehead atoms. The molecule has 0 amide bonds. The molecule has 1 heterocycles. The summed E-state index contributed by atoms with van der Waals surface area (Å²) in [6.07, 6.45) is -3.85. The molecule has 1 aromatic rings. The van der Waals surface area contributed by atoms with Crippen molar-refractivity contribution in [3.05, 3.63) is 5.01 Å². The second-order valence-corrected chi connectivity index (χ2v) is 4.95. The summed E-state index contributed by atoms with van der Waals surface area (Å²) >= 11 is 0.470. The van der Waals surface area contributed by atoms with Crippen LogP contribution in [0.25, 0.3) is 0 Å². The molecule has 9 heteroatoms. The molecule has 3 unspecified atom stereocenters. The monoisotopic (exact) mass is 282 g/mol. The van der Waals surface area contributed by atoms with Gasteiger partial charge in [0.15, 0.2) is 0 Å². The first-order valence-corrected chi connectivity index (χ1v) is 6.28.